The molecule has 0 unspecified atom stereocenters. The number of carbonyl (C=O) groups is 1. The van der Waals surface area contributed by atoms with Crippen molar-refractivity contribution in [3.63, 3.8) is 0 Å². The molecule has 26 heavy (non-hydrogen) atoms. The highest BCUT2D eigenvalue weighted by Gasteiger charge is 2.13. The predicted molar refractivity (Wildman–Crippen MR) is 113 cm³/mol. The van der Waals surface area contributed by atoms with Crippen molar-refractivity contribution in [2.24, 2.45) is 5.10 Å². The average Bonchev–Trinajstić information content (AvgIpc) is 2.54. The Morgan fingerprint density at radius 2 is 1.88 bits per heavy atom. The van der Waals surface area contributed by atoms with Crippen LogP contribution in [0.4, 0.5) is 0 Å². The van der Waals surface area contributed by atoms with Gasteiger partial charge in [0.05, 0.1) is 36.9 Å². The first-order valence-corrected chi connectivity index (χ1v) is 9.76. The first-order valence-electron chi connectivity index (χ1n) is 9.00. The molecule has 4 nitrogen and oxygen atoms in total. The number of nitrogens with zero attached hydrogens (tertiary/aromatic N) is 2. The van der Waals surface area contributed by atoms with E-state index in [0.29, 0.717) is 21.1 Å². The van der Waals surface area contributed by atoms with Gasteiger partial charge in [0.1, 0.15) is 0 Å². The maximum absolute atomic E-state index is 12.0. The van der Waals surface area contributed by atoms with E-state index in [-0.39, 0.29) is 5.91 Å². The van der Waals surface area contributed by atoms with Crippen LogP contribution in [0.1, 0.15) is 44.6 Å². The summed E-state index contributed by atoms with van der Waals surface area (Å²) in [5.41, 5.74) is 4.46. The smallest absolute Gasteiger partial charge is 0.295 e. The Balaban J connectivity index is 2.79. The van der Waals surface area contributed by atoms with Crippen molar-refractivity contribution < 1.29 is 9.28 Å². The summed E-state index contributed by atoms with van der Waals surface area (Å²) in [5, 5.41) is 5.37. The van der Waals surface area contributed by atoms with Gasteiger partial charge in [0.15, 0.2) is 6.54 Å². The Labute approximate surface area is 167 Å². The molecule has 1 aromatic rings. The molecule has 0 spiro atoms. The van der Waals surface area contributed by atoms with Gasteiger partial charge in [0, 0.05) is 0 Å². The molecule has 0 heterocycles. The van der Waals surface area contributed by atoms with Crippen LogP contribution in [0.15, 0.2) is 29.4 Å². The number of hydrazone groups is 1. The molecule has 0 aliphatic rings. The van der Waals surface area contributed by atoms with E-state index in [1.54, 1.807) is 6.07 Å². The molecule has 0 saturated carbocycles. The van der Waals surface area contributed by atoms with Crippen LogP contribution >= 0.6 is 23.2 Å². The second kappa shape index (κ2) is 11.4. The van der Waals surface area contributed by atoms with Gasteiger partial charge in [0.25, 0.3) is 5.91 Å². The molecular formula is C20H30Cl2N3O+. The molecule has 0 bridgehead atoms. The van der Waals surface area contributed by atoms with Gasteiger partial charge in [-0.3, -0.25) is 4.79 Å². The lowest BCUT2D eigenvalue weighted by molar-refractivity contribution is -0.862. The number of hydrogen-bond donors (Lipinski definition) is 1. The first-order chi connectivity index (χ1) is 12.2. The average molecular weight is 399 g/mol. The normalized spacial score (nSPS) is 12.6. The van der Waals surface area contributed by atoms with Crippen molar-refractivity contribution in [1.82, 2.24) is 5.43 Å². The van der Waals surface area contributed by atoms with Crippen LogP contribution in [0.5, 0.6) is 0 Å². The number of rotatable bonds is 10. The van der Waals surface area contributed by atoms with Gasteiger partial charge in [-0.1, -0.05) is 61.5 Å². The number of unbranched alkanes of at least 4 members (excludes halogenated alkanes) is 3. The molecule has 6 heteroatoms. The summed E-state index contributed by atoms with van der Waals surface area (Å²) in [6.07, 6.45) is 9.28. The zero-order chi connectivity index (χ0) is 19.6. The molecule has 0 saturated heterocycles. The Morgan fingerprint density at radius 3 is 2.50 bits per heavy atom. The van der Waals surface area contributed by atoms with Crippen molar-refractivity contribution >= 4 is 40.9 Å². The van der Waals surface area contributed by atoms with Crippen molar-refractivity contribution in [2.75, 3.05) is 27.7 Å². The van der Waals surface area contributed by atoms with Gasteiger partial charge in [-0.25, -0.2) is 5.43 Å². The molecule has 1 N–H and O–H groups in total. The Bertz CT molecular complexity index is 649. The fraction of sp³-hybridized carbons (Fsp3) is 0.500. The Kier molecular flexibility index (Phi) is 9.92. The number of quaternary nitrogens is 1. The highest BCUT2D eigenvalue weighted by Crippen LogP contribution is 2.23. The summed E-state index contributed by atoms with van der Waals surface area (Å²) in [4.78, 5) is 12.0. The summed E-state index contributed by atoms with van der Waals surface area (Å²) in [6, 6.07) is 5.48. The van der Waals surface area contributed by atoms with E-state index >= 15 is 0 Å². The highest BCUT2D eigenvalue weighted by atomic mass is 35.5. The van der Waals surface area contributed by atoms with E-state index in [9.17, 15) is 4.79 Å². The van der Waals surface area contributed by atoms with E-state index in [4.69, 9.17) is 23.2 Å². The molecule has 0 aliphatic heterocycles. The lowest BCUT2D eigenvalue weighted by Gasteiger charge is -2.22. The molecule has 0 radical (unpaired) electrons. The van der Waals surface area contributed by atoms with Gasteiger partial charge in [-0.2, -0.15) is 5.10 Å². The minimum Gasteiger partial charge on any atom is -0.323 e. The topological polar surface area (TPSA) is 41.5 Å². The SMILES string of the molecule is CCCCCCC(/C=C\c1ccc(Cl)c(Cl)c1)=N\NC(=O)C[N+](C)(C)C. The van der Waals surface area contributed by atoms with E-state index in [1.807, 2.05) is 45.4 Å². The summed E-state index contributed by atoms with van der Waals surface area (Å²) in [6.45, 7) is 2.56. The van der Waals surface area contributed by atoms with Crippen LogP contribution in [-0.4, -0.2) is 43.8 Å². The van der Waals surface area contributed by atoms with Crippen molar-refractivity contribution in [3.05, 3.63) is 39.9 Å². The number of carbonyl (C=O) groups excluding carboxylic acids is 1. The summed E-state index contributed by atoms with van der Waals surface area (Å²) < 4.78 is 0.562. The highest BCUT2D eigenvalue weighted by molar-refractivity contribution is 6.42. The van der Waals surface area contributed by atoms with Gasteiger partial charge in [-0.15, -0.1) is 0 Å². The third-order valence-electron chi connectivity index (χ3n) is 3.64. The van der Waals surface area contributed by atoms with Gasteiger partial charge < -0.3 is 4.48 Å². The molecule has 1 amide bonds. The molecule has 0 fully saturated rings. The summed E-state index contributed by atoms with van der Waals surface area (Å²) >= 11 is 12.0. The fourth-order valence-corrected chi connectivity index (χ4v) is 2.62. The zero-order valence-electron chi connectivity index (χ0n) is 16.2. The third kappa shape index (κ3) is 9.95. The number of allylic oxidation sites excluding steroid dienone is 1. The number of amides is 1. The fourth-order valence-electron chi connectivity index (χ4n) is 2.32. The minimum absolute atomic E-state index is 0.0912. The summed E-state index contributed by atoms with van der Waals surface area (Å²) in [7, 11) is 5.91. The maximum Gasteiger partial charge on any atom is 0.295 e. The van der Waals surface area contributed by atoms with Gasteiger partial charge >= 0.3 is 0 Å². The minimum atomic E-state index is -0.0912. The molecular weight excluding hydrogens is 369 g/mol. The summed E-state index contributed by atoms with van der Waals surface area (Å²) in [5.74, 6) is -0.0912. The number of nitrogens with one attached hydrogen (secondary N) is 1. The lowest BCUT2D eigenvalue weighted by atomic mass is 10.1. The van der Waals surface area contributed by atoms with Crippen LogP contribution < -0.4 is 5.43 Å². The molecule has 0 aliphatic carbocycles. The molecule has 0 aromatic heterocycles. The van der Waals surface area contributed by atoms with Crippen molar-refractivity contribution in [1.29, 1.82) is 0 Å². The van der Waals surface area contributed by atoms with Crippen LogP contribution in [0, 0.1) is 0 Å². The lowest BCUT2D eigenvalue weighted by Crippen LogP contribution is -2.43. The predicted octanol–water partition coefficient (Wildman–Crippen LogP) is 5.16. The number of likely N-dealkylation sites (N-methyl/N-ethyl adjacent to an activating group) is 1. The maximum atomic E-state index is 12.0. The van der Waals surface area contributed by atoms with Gasteiger partial charge in [0.2, 0.25) is 0 Å². The van der Waals surface area contributed by atoms with E-state index < -0.39 is 0 Å². The van der Waals surface area contributed by atoms with E-state index in [0.717, 1.165) is 30.5 Å². The Morgan fingerprint density at radius 1 is 1.15 bits per heavy atom. The van der Waals surface area contributed by atoms with Crippen LogP contribution in [-0.2, 0) is 4.79 Å². The van der Waals surface area contributed by atoms with Gasteiger partial charge in [-0.05, 0) is 36.6 Å². The van der Waals surface area contributed by atoms with Crippen LogP contribution in [0.2, 0.25) is 10.0 Å². The number of benzene rings is 1. The molecule has 1 rings (SSSR count). The van der Waals surface area contributed by atoms with E-state index in [1.165, 1.54) is 12.8 Å². The number of hydrogen-bond acceptors (Lipinski definition) is 2. The van der Waals surface area contributed by atoms with Crippen molar-refractivity contribution in [2.45, 2.75) is 39.0 Å². The molecule has 0 atom stereocenters. The van der Waals surface area contributed by atoms with Crippen LogP contribution in [0.25, 0.3) is 6.08 Å². The first kappa shape index (κ1) is 22.7. The van der Waals surface area contributed by atoms with Crippen molar-refractivity contribution in [3.8, 4) is 0 Å². The monoisotopic (exact) mass is 398 g/mol. The van der Waals surface area contributed by atoms with E-state index in [2.05, 4.69) is 17.5 Å². The second-order valence-electron chi connectivity index (χ2n) is 7.40. The zero-order valence-corrected chi connectivity index (χ0v) is 17.7. The number of halogens is 2. The quantitative estimate of drug-likeness (QED) is 0.251. The Hall–Kier alpha value is -1.36. The van der Waals surface area contributed by atoms with Crippen LogP contribution in [0.3, 0.4) is 0 Å². The standard InChI is InChI=1S/C20H29Cl2N3O/c1-5-6-7-8-9-17(23-24-20(26)15-25(2,3)4)12-10-16-11-13-18(21)19(22)14-16/h10-14H,5-9,15H2,1-4H3/p+1/b12-10-,23-17+. The molecule has 1 aromatic carbocycles. The molecule has 144 valence electrons. The third-order valence-corrected chi connectivity index (χ3v) is 4.38. The largest absolute Gasteiger partial charge is 0.323 e. The second-order valence-corrected chi connectivity index (χ2v) is 8.22.